The monoisotopic (exact) mass is 347 g/mol. The number of methoxy groups -OCH3 is 1. The van der Waals surface area contributed by atoms with Crippen molar-refractivity contribution in [1.29, 1.82) is 0 Å². The van der Waals surface area contributed by atoms with Crippen LogP contribution in [-0.2, 0) is 4.79 Å². The van der Waals surface area contributed by atoms with Gasteiger partial charge < -0.3 is 15.0 Å². The Morgan fingerprint density at radius 2 is 2.00 bits per heavy atom. The topological polar surface area (TPSA) is 68.9 Å². The van der Waals surface area contributed by atoms with E-state index >= 15 is 0 Å². The van der Waals surface area contributed by atoms with Crippen LogP contribution in [0.1, 0.15) is 18.0 Å². The molecule has 2 fully saturated rings. The molecule has 1 aromatic rings. The molecule has 7 heteroatoms. The Hall–Kier alpha value is -1.67. The average molecular weight is 347 g/mol. The van der Waals surface area contributed by atoms with E-state index in [-0.39, 0.29) is 18.0 Å². The molecule has 2 unspecified atom stereocenters. The van der Waals surface area contributed by atoms with Crippen molar-refractivity contribution in [2.75, 3.05) is 53.4 Å². The molecule has 1 amide bonds. The van der Waals surface area contributed by atoms with Crippen LogP contribution in [0.15, 0.2) is 24.3 Å². The fraction of sp³-hybridized carbons (Fsp3) is 0.611. The molecule has 0 radical (unpaired) electrons. The van der Waals surface area contributed by atoms with Crippen LogP contribution in [0.4, 0.5) is 0 Å². The van der Waals surface area contributed by atoms with Gasteiger partial charge in [-0.1, -0.05) is 12.1 Å². The molecule has 0 aliphatic carbocycles. The summed E-state index contributed by atoms with van der Waals surface area (Å²) in [6.07, 6.45) is 0.815. The van der Waals surface area contributed by atoms with Crippen LogP contribution in [0, 0.1) is 0 Å². The highest BCUT2D eigenvalue weighted by Crippen LogP contribution is 2.20. The number of nitrogens with one attached hydrogen (secondary N) is 3. The summed E-state index contributed by atoms with van der Waals surface area (Å²) in [6, 6.07) is 7.81. The minimum atomic E-state index is -0.159. The largest absolute Gasteiger partial charge is 0.497 e. The molecule has 3 N–H and O–H groups in total. The lowest BCUT2D eigenvalue weighted by atomic mass is 10.0. The molecule has 2 atom stereocenters. The van der Waals surface area contributed by atoms with Gasteiger partial charge in [0.1, 0.15) is 11.8 Å². The Morgan fingerprint density at radius 1 is 1.28 bits per heavy atom. The maximum atomic E-state index is 12.6. The minimum absolute atomic E-state index is 0.0239. The zero-order valence-electron chi connectivity index (χ0n) is 15.1. The Balaban J connectivity index is 1.68. The van der Waals surface area contributed by atoms with Gasteiger partial charge in [0.2, 0.25) is 5.91 Å². The van der Waals surface area contributed by atoms with E-state index in [1.165, 1.54) is 0 Å². The highest BCUT2D eigenvalue weighted by Gasteiger charge is 2.26. The van der Waals surface area contributed by atoms with Gasteiger partial charge in [0.05, 0.1) is 13.2 Å². The van der Waals surface area contributed by atoms with E-state index in [0.29, 0.717) is 0 Å². The van der Waals surface area contributed by atoms with Gasteiger partial charge in [-0.15, -0.1) is 0 Å². The molecule has 1 aromatic carbocycles. The van der Waals surface area contributed by atoms with Gasteiger partial charge in [0, 0.05) is 39.3 Å². The summed E-state index contributed by atoms with van der Waals surface area (Å²) in [5, 5.41) is 3.23. The first kappa shape index (κ1) is 18.1. The number of carbonyl (C=O) groups is 1. The Bertz CT molecular complexity index is 551. The molecule has 7 nitrogen and oxygen atoms in total. The van der Waals surface area contributed by atoms with Gasteiger partial charge in [0.25, 0.3) is 0 Å². The fourth-order valence-electron chi connectivity index (χ4n) is 3.31. The number of likely N-dealkylation sites (N-methyl/N-ethyl adjacent to an activating group) is 1. The fourth-order valence-corrected chi connectivity index (χ4v) is 3.31. The van der Waals surface area contributed by atoms with Crippen molar-refractivity contribution >= 4 is 5.91 Å². The quantitative estimate of drug-likeness (QED) is 0.671. The summed E-state index contributed by atoms with van der Waals surface area (Å²) in [6.45, 7) is 5.84. The molecule has 0 spiro atoms. The molecule has 25 heavy (non-hydrogen) atoms. The molecule has 138 valence electrons. The van der Waals surface area contributed by atoms with Crippen molar-refractivity contribution in [2.45, 2.75) is 18.5 Å². The molecule has 3 rings (SSSR count). The Morgan fingerprint density at radius 3 is 2.60 bits per heavy atom. The van der Waals surface area contributed by atoms with Crippen molar-refractivity contribution in [2.24, 2.45) is 0 Å². The van der Waals surface area contributed by atoms with Crippen LogP contribution < -0.4 is 20.9 Å². The molecule has 2 saturated heterocycles. The van der Waals surface area contributed by atoms with E-state index in [9.17, 15) is 4.79 Å². The maximum absolute atomic E-state index is 12.6. The van der Waals surface area contributed by atoms with Crippen LogP contribution in [0.5, 0.6) is 5.75 Å². The predicted octanol–water partition coefficient (Wildman–Crippen LogP) is -0.0336. The Labute approximate surface area is 149 Å². The first-order valence-corrected chi connectivity index (χ1v) is 8.99. The lowest BCUT2D eigenvalue weighted by Gasteiger charge is -2.35. The summed E-state index contributed by atoms with van der Waals surface area (Å²) >= 11 is 0. The SMILES string of the molecule is COc1ccc(C(CN2CCN(C)CC2)NC(=O)C2CCNN2)cc1. The third-order valence-corrected chi connectivity index (χ3v) is 5.02. The van der Waals surface area contributed by atoms with Crippen molar-refractivity contribution in [3.63, 3.8) is 0 Å². The molecule has 0 aromatic heterocycles. The standard InChI is InChI=1S/C18H29N5O2/c1-22-9-11-23(12-10-22)13-17(14-3-5-15(25-2)6-4-14)20-18(24)16-7-8-19-21-16/h3-6,16-17,19,21H,7-13H2,1-2H3,(H,20,24). The number of hydrazine groups is 1. The number of hydrogen-bond donors (Lipinski definition) is 3. The summed E-state index contributed by atoms with van der Waals surface area (Å²) in [7, 11) is 3.82. The second-order valence-corrected chi connectivity index (χ2v) is 6.85. The van der Waals surface area contributed by atoms with Crippen molar-refractivity contribution in [3.05, 3.63) is 29.8 Å². The average Bonchev–Trinajstić information content (AvgIpc) is 3.18. The van der Waals surface area contributed by atoms with E-state index < -0.39 is 0 Å². The van der Waals surface area contributed by atoms with E-state index in [1.54, 1.807) is 7.11 Å². The number of piperazine rings is 1. The summed E-state index contributed by atoms with van der Waals surface area (Å²) in [5.41, 5.74) is 7.17. The summed E-state index contributed by atoms with van der Waals surface area (Å²) in [4.78, 5) is 17.3. The molecule has 2 aliphatic heterocycles. The summed E-state index contributed by atoms with van der Waals surface area (Å²) < 4.78 is 5.25. The van der Waals surface area contributed by atoms with Gasteiger partial charge >= 0.3 is 0 Å². The maximum Gasteiger partial charge on any atom is 0.239 e. The second-order valence-electron chi connectivity index (χ2n) is 6.85. The van der Waals surface area contributed by atoms with Gasteiger partial charge in [-0.3, -0.25) is 15.1 Å². The number of ether oxygens (including phenoxy) is 1. The van der Waals surface area contributed by atoms with E-state index in [4.69, 9.17) is 4.74 Å². The van der Waals surface area contributed by atoms with Gasteiger partial charge in [-0.25, -0.2) is 5.43 Å². The van der Waals surface area contributed by atoms with Crippen LogP contribution in [0.2, 0.25) is 0 Å². The first-order valence-electron chi connectivity index (χ1n) is 8.99. The van der Waals surface area contributed by atoms with Gasteiger partial charge in [-0.2, -0.15) is 0 Å². The van der Waals surface area contributed by atoms with Crippen LogP contribution in [0.3, 0.4) is 0 Å². The highest BCUT2D eigenvalue weighted by molar-refractivity contribution is 5.82. The minimum Gasteiger partial charge on any atom is -0.497 e. The zero-order valence-corrected chi connectivity index (χ0v) is 15.1. The van der Waals surface area contributed by atoms with Crippen molar-refractivity contribution in [3.8, 4) is 5.75 Å². The molecular weight excluding hydrogens is 318 g/mol. The number of amides is 1. The molecule has 0 saturated carbocycles. The lowest BCUT2D eigenvalue weighted by Crippen LogP contribution is -2.50. The normalized spacial score (nSPS) is 23.4. The molecule has 2 aliphatic rings. The summed E-state index contributed by atoms with van der Waals surface area (Å²) in [5.74, 6) is 0.884. The van der Waals surface area contributed by atoms with E-state index in [1.807, 2.05) is 24.3 Å². The molecular formula is C18H29N5O2. The smallest absolute Gasteiger partial charge is 0.239 e. The molecule has 2 heterocycles. The predicted molar refractivity (Wildman–Crippen MR) is 97.4 cm³/mol. The van der Waals surface area contributed by atoms with Gasteiger partial charge in [0.15, 0.2) is 0 Å². The Kier molecular flexibility index (Phi) is 6.25. The first-order chi connectivity index (χ1) is 12.2. The van der Waals surface area contributed by atoms with Crippen LogP contribution in [0.25, 0.3) is 0 Å². The molecule has 0 bridgehead atoms. The van der Waals surface area contributed by atoms with Crippen molar-refractivity contribution in [1.82, 2.24) is 26.0 Å². The number of rotatable bonds is 6. The highest BCUT2D eigenvalue weighted by atomic mass is 16.5. The third-order valence-electron chi connectivity index (χ3n) is 5.02. The van der Waals surface area contributed by atoms with Gasteiger partial charge in [-0.05, 0) is 31.2 Å². The lowest BCUT2D eigenvalue weighted by molar-refractivity contribution is -0.123. The zero-order chi connectivity index (χ0) is 17.6. The van der Waals surface area contributed by atoms with Crippen LogP contribution >= 0.6 is 0 Å². The van der Waals surface area contributed by atoms with E-state index in [2.05, 4.69) is 33.0 Å². The third kappa shape index (κ3) is 4.92. The van der Waals surface area contributed by atoms with Crippen LogP contribution in [-0.4, -0.2) is 75.2 Å². The second kappa shape index (κ2) is 8.62. The number of carbonyl (C=O) groups excluding carboxylic acids is 1. The number of nitrogens with zero attached hydrogens (tertiary/aromatic N) is 2. The number of hydrogen-bond acceptors (Lipinski definition) is 6. The number of benzene rings is 1. The van der Waals surface area contributed by atoms with E-state index in [0.717, 1.165) is 57.0 Å². The van der Waals surface area contributed by atoms with Crippen molar-refractivity contribution < 1.29 is 9.53 Å².